The number of halogens is 1. The summed E-state index contributed by atoms with van der Waals surface area (Å²) >= 11 is 3.39. The maximum absolute atomic E-state index is 4.28. The Morgan fingerprint density at radius 2 is 2.31 bits per heavy atom. The molecule has 13 heavy (non-hydrogen) atoms. The number of rotatable bonds is 1. The van der Waals surface area contributed by atoms with Crippen molar-refractivity contribution in [3.8, 4) is 0 Å². The van der Waals surface area contributed by atoms with Gasteiger partial charge in [-0.3, -0.25) is 4.68 Å². The summed E-state index contributed by atoms with van der Waals surface area (Å²) in [5.41, 5.74) is 2.71. The minimum Gasteiger partial charge on any atom is -0.267 e. The van der Waals surface area contributed by atoms with Crippen LogP contribution in [0.4, 0.5) is 0 Å². The van der Waals surface area contributed by atoms with Crippen molar-refractivity contribution >= 4 is 21.5 Å². The third-order valence-electron chi connectivity index (χ3n) is 2.47. The predicted molar refractivity (Wildman–Crippen MR) is 57.4 cm³/mol. The van der Waals surface area contributed by atoms with E-state index in [1.54, 1.807) is 0 Å². The Balaban J connectivity index is 2.33. The Morgan fingerprint density at radius 1 is 1.46 bits per heavy atom. The molecule has 0 amide bonds. The quantitative estimate of drug-likeness (QED) is 0.738. The molecule has 1 aliphatic rings. The fourth-order valence-electron chi connectivity index (χ4n) is 1.80. The van der Waals surface area contributed by atoms with Gasteiger partial charge in [-0.25, -0.2) is 0 Å². The van der Waals surface area contributed by atoms with Crippen molar-refractivity contribution in [2.75, 3.05) is 0 Å². The van der Waals surface area contributed by atoms with E-state index in [0.717, 1.165) is 4.60 Å². The van der Waals surface area contributed by atoms with Crippen molar-refractivity contribution in [3.63, 3.8) is 0 Å². The number of aromatic nitrogens is 2. The zero-order valence-corrected chi connectivity index (χ0v) is 9.34. The van der Waals surface area contributed by atoms with E-state index in [-0.39, 0.29) is 0 Å². The Labute approximate surface area is 86.8 Å². The van der Waals surface area contributed by atoms with Crippen molar-refractivity contribution in [1.82, 2.24) is 9.78 Å². The molecule has 0 aliphatic heterocycles. The summed E-state index contributed by atoms with van der Waals surface area (Å²) in [4.78, 5) is 0. The van der Waals surface area contributed by atoms with E-state index >= 15 is 0 Å². The van der Waals surface area contributed by atoms with E-state index in [1.807, 2.05) is 11.7 Å². The molecule has 0 atom stereocenters. The van der Waals surface area contributed by atoms with Gasteiger partial charge in [0, 0.05) is 7.05 Å². The van der Waals surface area contributed by atoms with E-state index in [1.165, 1.54) is 37.0 Å². The van der Waals surface area contributed by atoms with Crippen molar-refractivity contribution in [2.45, 2.75) is 25.7 Å². The summed E-state index contributed by atoms with van der Waals surface area (Å²) < 4.78 is 2.87. The van der Waals surface area contributed by atoms with Gasteiger partial charge in [0.1, 0.15) is 4.60 Å². The monoisotopic (exact) mass is 240 g/mol. The molecule has 2 rings (SSSR count). The molecular weight excluding hydrogens is 228 g/mol. The first kappa shape index (κ1) is 9.00. The molecule has 0 radical (unpaired) electrons. The number of allylic oxidation sites excluding steroid dienone is 2. The van der Waals surface area contributed by atoms with Gasteiger partial charge in [-0.05, 0) is 53.3 Å². The number of hydrogen-bond acceptors (Lipinski definition) is 1. The van der Waals surface area contributed by atoms with Crippen LogP contribution >= 0.6 is 15.9 Å². The normalized spacial score (nSPS) is 17.2. The van der Waals surface area contributed by atoms with Crippen LogP contribution in [0.25, 0.3) is 5.57 Å². The van der Waals surface area contributed by atoms with Crippen LogP contribution in [0.2, 0.25) is 0 Å². The van der Waals surface area contributed by atoms with E-state index in [9.17, 15) is 0 Å². The molecule has 0 bridgehead atoms. The molecule has 1 heterocycles. The lowest BCUT2D eigenvalue weighted by Gasteiger charge is -2.12. The molecule has 0 unspecified atom stereocenters. The molecule has 0 N–H and O–H groups in total. The zero-order valence-electron chi connectivity index (χ0n) is 7.76. The lowest BCUT2D eigenvalue weighted by atomic mass is 9.97. The van der Waals surface area contributed by atoms with Crippen LogP contribution in [0.5, 0.6) is 0 Å². The fourth-order valence-corrected chi connectivity index (χ4v) is 2.26. The molecule has 70 valence electrons. The Kier molecular flexibility index (Phi) is 2.54. The van der Waals surface area contributed by atoms with Gasteiger partial charge in [0.25, 0.3) is 0 Å². The van der Waals surface area contributed by atoms with Crippen molar-refractivity contribution < 1.29 is 0 Å². The van der Waals surface area contributed by atoms with Crippen LogP contribution in [-0.4, -0.2) is 9.78 Å². The molecule has 0 saturated carbocycles. The molecule has 0 fully saturated rings. The van der Waals surface area contributed by atoms with Crippen LogP contribution in [0.3, 0.4) is 0 Å². The Hall–Kier alpha value is -0.570. The van der Waals surface area contributed by atoms with Gasteiger partial charge >= 0.3 is 0 Å². The van der Waals surface area contributed by atoms with Gasteiger partial charge in [0.2, 0.25) is 0 Å². The molecule has 1 aromatic rings. The summed E-state index contributed by atoms with van der Waals surface area (Å²) in [6.07, 6.45) is 7.41. The second-order valence-corrected chi connectivity index (χ2v) is 4.26. The number of nitrogens with zero attached hydrogens (tertiary/aromatic N) is 2. The van der Waals surface area contributed by atoms with Gasteiger partial charge in [-0.1, -0.05) is 6.08 Å². The lowest BCUT2D eigenvalue weighted by molar-refractivity contribution is 0.711. The van der Waals surface area contributed by atoms with Crippen LogP contribution in [0.1, 0.15) is 31.4 Å². The molecule has 1 aliphatic carbocycles. The molecule has 0 aromatic carbocycles. The second-order valence-electron chi connectivity index (χ2n) is 3.45. The summed E-state index contributed by atoms with van der Waals surface area (Å²) in [5, 5.41) is 4.28. The van der Waals surface area contributed by atoms with Crippen molar-refractivity contribution in [1.29, 1.82) is 0 Å². The van der Waals surface area contributed by atoms with Gasteiger partial charge in [-0.2, -0.15) is 5.10 Å². The predicted octanol–water partition coefficient (Wildman–Crippen LogP) is 3.14. The van der Waals surface area contributed by atoms with E-state index in [4.69, 9.17) is 0 Å². The maximum Gasteiger partial charge on any atom is 0.128 e. The highest BCUT2D eigenvalue weighted by atomic mass is 79.9. The summed E-state index contributed by atoms with van der Waals surface area (Å²) in [6, 6.07) is 2.09. The minimum absolute atomic E-state index is 0.927. The molecule has 0 spiro atoms. The molecule has 2 nitrogen and oxygen atoms in total. The smallest absolute Gasteiger partial charge is 0.128 e. The van der Waals surface area contributed by atoms with Gasteiger partial charge in [0.05, 0.1) is 5.69 Å². The second kappa shape index (κ2) is 3.66. The third kappa shape index (κ3) is 1.85. The highest BCUT2D eigenvalue weighted by Crippen LogP contribution is 2.27. The van der Waals surface area contributed by atoms with E-state index in [0.29, 0.717) is 0 Å². The van der Waals surface area contributed by atoms with Gasteiger partial charge < -0.3 is 0 Å². The largest absolute Gasteiger partial charge is 0.267 e. The van der Waals surface area contributed by atoms with Crippen LogP contribution in [0.15, 0.2) is 16.7 Å². The lowest BCUT2D eigenvalue weighted by Crippen LogP contribution is -1.99. The van der Waals surface area contributed by atoms with Crippen molar-refractivity contribution in [2.24, 2.45) is 7.05 Å². The van der Waals surface area contributed by atoms with Crippen molar-refractivity contribution in [3.05, 3.63) is 22.4 Å². The molecule has 1 aromatic heterocycles. The Morgan fingerprint density at radius 3 is 2.85 bits per heavy atom. The highest BCUT2D eigenvalue weighted by molar-refractivity contribution is 9.10. The summed E-state index contributed by atoms with van der Waals surface area (Å²) in [5.74, 6) is 0. The summed E-state index contributed by atoms with van der Waals surface area (Å²) in [6.45, 7) is 0. The average Bonchev–Trinajstić information content (AvgIpc) is 2.47. The first-order valence-corrected chi connectivity index (χ1v) is 5.45. The van der Waals surface area contributed by atoms with Crippen LogP contribution < -0.4 is 0 Å². The maximum atomic E-state index is 4.28. The van der Waals surface area contributed by atoms with E-state index in [2.05, 4.69) is 33.2 Å². The van der Waals surface area contributed by atoms with Gasteiger partial charge in [0.15, 0.2) is 0 Å². The standard InChI is InChI=1S/C10H13BrN2/c1-13-9(7-10(11)12-13)8-5-3-2-4-6-8/h5,7H,2-4,6H2,1H3. The topological polar surface area (TPSA) is 17.8 Å². The third-order valence-corrected chi connectivity index (χ3v) is 2.86. The van der Waals surface area contributed by atoms with Gasteiger partial charge in [-0.15, -0.1) is 0 Å². The van der Waals surface area contributed by atoms with Crippen LogP contribution in [0, 0.1) is 0 Å². The zero-order chi connectivity index (χ0) is 9.26. The summed E-state index contributed by atoms with van der Waals surface area (Å²) in [7, 11) is 2.00. The average molecular weight is 241 g/mol. The molecule has 3 heteroatoms. The fraction of sp³-hybridized carbons (Fsp3) is 0.500. The minimum atomic E-state index is 0.927. The molecular formula is C10H13BrN2. The Bertz CT molecular complexity index is 339. The van der Waals surface area contributed by atoms with Crippen LogP contribution in [-0.2, 0) is 7.05 Å². The first-order chi connectivity index (χ1) is 6.27. The highest BCUT2D eigenvalue weighted by Gasteiger charge is 2.10. The number of aryl methyl sites for hydroxylation is 1. The van der Waals surface area contributed by atoms with E-state index < -0.39 is 0 Å². The SMILES string of the molecule is Cn1nc(Br)cc1C1=CCCCC1. The first-order valence-electron chi connectivity index (χ1n) is 4.66. The number of hydrogen-bond donors (Lipinski definition) is 0. The molecule has 0 saturated heterocycles.